The van der Waals surface area contributed by atoms with Gasteiger partial charge in [-0.1, -0.05) is 53.0 Å². The lowest BCUT2D eigenvalue weighted by Crippen LogP contribution is -2.16. The smallest absolute Gasteiger partial charge is 0.259 e. The Morgan fingerprint density at radius 2 is 2.00 bits per heavy atom. The van der Waals surface area contributed by atoms with E-state index in [4.69, 9.17) is 34.8 Å². The van der Waals surface area contributed by atoms with Crippen LogP contribution in [0, 0.1) is 0 Å². The van der Waals surface area contributed by atoms with Crippen LogP contribution in [0.4, 0.5) is 5.82 Å². The second-order valence-electron chi connectivity index (χ2n) is 4.66. The van der Waals surface area contributed by atoms with Gasteiger partial charge in [0.2, 0.25) is 0 Å². The molecule has 2 heterocycles. The van der Waals surface area contributed by atoms with Crippen LogP contribution in [-0.2, 0) is 6.54 Å². The molecule has 0 aliphatic rings. The van der Waals surface area contributed by atoms with Gasteiger partial charge in [-0.05, 0) is 17.7 Å². The molecule has 0 radical (unpaired) electrons. The zero-order chi connectivity index (χ0) is 16.4. The van der Waals surface area contributed by atoms with Gasteiger partial charge < -0.3 is 5.32 Å². The fraction of sp³-hybridized carbons (Fsp3) is 0.0667. The molecule has 0 saturated heterocycles. The minimum atomic E-state index is -0.334. The SMILES string of the molecule is O=C(Nc1ccnn1Cc1ccccc1Cl)c1cc(Cl)sc1Cl. The van der Waals surface area contributed by atoms with Gasteiger partial charge >= 0.3 is 0 Å². The number of hydrogen-bond acceptors (Lipinski definition) is 3. The van der Waals surface area contributed by atoms with Gasteiger partial charge in [-0.15, -0.1) is 11.3 Å². The number of nitrogens with zero attached hydrogens (tertiary/aromatic N) is 2. The summed E-state index contributed by atoms with van der Waals surface area (Å²) in [7, 11) is 0. The first-order chi connectivity index (χ1) is 11.0. The second-order valence-corrected chi connectivity index (χ2v) is 7.35. The molecule has 0 atom stereocenters. The third-order valence-electron chi connectivity index (χ3n) is 3.14. The summed E-state index contributed by atoms with van der Waals surface area (Å²) < 4.78 is 2.47. The van der Waals surface area contributed by atoms with E-state index in [9.17, 15) is 4.79 Å². The van der Waals surface area contributed by atoms with Crippen LogP contribution in [0.1, 0.15) is 15.9 Å². The van der Waals surface area contributed by atoms with Gasteiger partial charge in [0.25, 0.3) is 5.91 Å². The van der Waals surface area contributed by atoms with Crippen LogP contribution in [-0.4, -0.2) is 15.7 Å². The molecular weight excluding hydrogens is 377 g/mol. The lowest BCUT2D eigenvalue weighted by molar-refractivity contribution is 0.102. The fourth-order valence-electron chi connectivity index (χ4n) is 2.03. The van der Waals surface area contributed by atoms with Gasteiger partial charge in [-0.3, -0.25) is 4.79 Å². The molecule has 4 nitrogen and oxygen atoms in total. The summed E-state index contributed by atoms with van der Waals surface area (Å²) in [5, 5.41) is 7.64. The van der Waals surface area contributed by atoms with Gasteiger partial charge in [-0.2, -0.15) is 5.10 Å². The molecule has 23 heavy (non-hydrogen) atoms. The van der Waals surface area contributed by atoms with E-state index in [0.29, 0.717) is 31.6 Å². The van der Waals surface area contributed by atoms with E-state index in [-0.39, 0.29) is 5.91 Å². The predicted molar refractivity (Wildman–Crippen MR) is 95.1 cm³/mol. The van der Waals surface area contributed by atoms with E-state index in [0.717, 1.165) is 16.9 Å². The van der Waals surface area contributed by atoms with Gasteiger partial charge in [0.15, 0.2) is 0 Å². The average Bonchev–Trinajstić information content (AvgIpc) is 3.08. The van der Waals surface area contributed by atoms with Crippen LogP contribution in [0.15, 0.2) is 42.6 Å². The van der Waals surface area contributed by atoms with Crippen molar-refractivity contribution in [2.75, 3.05) is 5.32 Å². The Labute approximate surface area is 151 Å². The summed E-state index contributed by atoms with van der Waals surface area (Å²) in [6.07, 6.45) is 1.61. The number of carbonyl (C=O) groups excluding carboxylic acids is 1. The van der Waals surface area contributed by atoms with Crippen LogP contribution in [0.2, 0.25) is 13.7 Å². The van der Waals surface area contributed by atoms with Crippen LogP contribution >= 0.6 is 46.1 Å². The third kappa shape index (κ3) is 3.70. The lowest BCUT2D eigenvalue weighted by atomic mass is 10.2. The Balaban J connectivity index is 1.80. The largest absolute Gasteiger partial charge is 0.307 e. The van der Waals surface area contributed by atoms with Gasteiger partial charge in [0.1, 0.15) is 10.2 Å². The zero-order valence-electron chi connectivity index (χ0n) is 11.6. The van der Waals surface area contributed by atoms with Crippen molar-refractivity contribution in [3.8, 4) is 0 Å². The Bertz CT molecular complexity index is 859. The molecule has 8 heteroatoms. The summed E-state index contributed by atoms with van der Waals surface area (Å²) in [6.45, 7) is 0.445. The number of amides is 1. The standard InChI is InChI=1S/C15H10Cl3N3OS/c16-11-4-2-1-3-9(11)8-21-13(5-6-19-21)20-15(22)10-7-12(17)23-14(10)18/h1-7H,8H2,(H,20,22). The number of thiophene rings is 1. The topological polar surface area (TPSA) is 46.9 Å². The summed E-state index contributed by atoms with van der Waals surface area (Å²) in [5.74, 6) is 0.215. The number of nitrogens with one attached hydrogen (secondary N) is 1. The van der Waals surface area contributed by atoms with E-state index >= 15 is 0 Å². The minimum absolute atomic E-state index is 0.334. The molecule has 1 aromatic carbocycles. The Kier molecular flexibility index (Phi) is 4.92. The molecular formula is C15H10Cl3N3OS. The summed E-state index contributed by atoms with van der Waals surface area (Å²) in [4.78, 5) is 12.3. The van der Waals surface area contributed by atoms with Crippen molar-refractivity contribution in [3.63, 3.8) is 0 Å². The highest BCUT2D eigenvalue weighted by atomic mass is 35.5. The molecule has 0 unspecified atom stereocenters. The van der Waals surface area contributed by atoms with E-state index in [1.54, 1.807) is 23.0 Å². The van der Waals surface area contributed by atoms with Crippen molar-refractivity contribution >= 4 is 57.9 Å². The highest BCUT2D eigenvalue weighted by Crippen LogP contribution is 2.31. The fourth-order valence-corrected chi connectivity index (χ4v) is 3.69. The van der Waals surface area contributed by atoms with Crippen molar-refractivity contribution in [1.82, 2.24) is 9.78 Å². The number of benzene rings is 1. The quantitative estimate of drug-likeness (QED) is 0.669. The third-order valence-corrected chi connectivity index (χ3v) is 4.99. The summed E-state index contributed by atoms with van der Waals surface area (Å²) in [5.41, 5.74) is 1.25. The van der Waals surface area contributed by atoms with E-state index < -0.39 is 0 Å². The number of aromatic nitrogens is 2. The van der Waals surface area contributed by atoms with Crippen LogP contribution in [0.3, 0.4) is 0 Å². The number of rotatable bonds is 4. The number of hydrogen-bond donors (Lipinski definition) is 1. The first-order valence-corrected chi connectivity index (χ1v) is 8.51. The molecule has 0 saturated carbocycles. The van der Waals surface area contributed by atoms with Crippen molar-refractivity contribution in [1.29, 1.82) is 0 Å². The number of anilines is 1. The first kappa shape index (κ1) is 16.3. The second kappa shape index (κ2) is 6.93. The van der Waals surface area contributed by atoms with E-state index in [1.807, 2.05) is 24.3 Å². The van der Waals surface area contributed by atoms with Gasteiger partial charge in [0, 0.05) is 11.1 Å². The van der Waals surface area contributed by atoms with Gasteiger partial charge in [0.05, 0.1) is 22.6 Å². The van der Waals surface area contributed by atoms with Crippen LogP contribution in [0.5, 0.6) is 0 Å². The molecule has 3 aromatic rings. The molecule has 1 amide bonds. The normalized spacial score (nSPS) is 10.7. The molecule has 3 rings (SSSR count). The van der Waals surface area contributed by atoms with E-state index in [1.165, 1.54) is 0 Å². The molecule has 0 aliphatic carbocycles. The van der Waals surface area contributed by atoms with Crippen molar-refractivity contribution in [2.45, 2.75) is 6.54 Å². The van der Waals surface area contributed by atoms with Crippen LogP contribution in [0.25, 0.3) is 0 Å². The Hall–Kier alpha value is -1.53. The highest BCUT2D eigenvalue weighted by Gasteiger charge is 2.16. The maximum atomic E-state index is 12.3. The molecule has 0 spiro atoms. The Morgan fingerprint density at radius 3 is 2.70 bits per heavy atom. The average molecular weight is 387 g/mol. The highest BCUT2D eigenvalue weighted by molar-refractivity contribution is 7.20. The van der Waals surface area contributed by atoms with E-state index in [2.05, 4.69) is 10.4 Å². The summed E-state index contributed by atoms with van der Waals surface area (Å²) in [6, 6.07) is 10.7. The Morgan fingerprint density at radius 1 is 1.22 bits per heavy atom. The minimum Gasteiger partial charge on any atom is -0.307 e. The monoisotopic (exact) mass is 385 g/mol. The maximum Gasteiger partial charge on any atom is 0.259 e. The maximum absolute atomic E-state index is 12.3. The molecule has 118 valence electrons. The van der Waals surface area contributed by atoms with Crippen molar-refractivity contribution < 1.29 is 4.79 Å². The summed E-state index contributed by atoms with van der Waals surface area (Å²) >= 11 is 19.2. The van der Waals surface area contributed by atoms with Crippen molar-refractivity contribution in [2.24, 2.45) is 0 Å². The lowest BCUT2D eigenvalue weighted by Gasteiger charge is -2.10. The first-order valence-electron chi connectivity index (χ1n) is 6.56. The van der Waals surface area contributed by atoms with Crippen LogP contribution < -0.4 is 5.32 Å². The molecule has 0 bridgehead atoms. The molecule has 1 N–H and O–H groups in total. The number of carbonyl (C=O) groups is 1. The molecule has 2 aromatic heterocycles. The predicted octanol–water partition coefficient (Wildman–Crippen LogP) is 5.21. The van der Waals surface area contributed by atoms with Crippen molar-refractivity contribution in [3.05, 3.63) is 67.4 Å². The zero-order valence-corrected chi connectivity index (χ0v) is 14.7. The molecule has 0 fully saturated rings. The number of halogens is 3. The van der Waals surface area contributed by atoms with Gasteiger partial charge in [-0.25, -0.2) is 4.68 Å². The molecule has 0 aliphatic heterocycles.